The van der Waals surface area contributed by atoms with Crippen molar-refractivity contribution in [2.45, 2.75) is 6.42 Å². The van der Waals surface area contributed by atoms with E-state index in [0.29, 0.717) is 24.2 Å². The molecule has 3 aromatic carbocycles. The minimum absolute atomic E-state index is 0.166. The van der Waals surface area contributed by atoms with Crippen LogP contribution in [0.4, 0.5) is 11.4 Å². The summed E-state index contributed by atoms with van der Waals surface area (Å²) in [5, 5.41) is 13.9. The van der Waals surface area contributed by atoms with Crippen LogP contribution in [0.1, 0.15) is 26.3 Å². The average Bonchev–Trinajstić information content (AvgIpc) is 2.78. The number of non-ortho nitro benzene ring substituents is 1. The number of carbonyl (C=O) groups excluding carboxylic acids is 2. The minimum atomic E-state index is -0.551. The molecule has 0 radical (unpaired) electrons. The molecule has 0 aliphatic heterocycles. The topological polar surface area (TPSA) is 92.6 Å². The Morgan fingerprint density at radius 3 is 2.40 bits per heavy atom. The van der Waals surface area contributed by atoms with Gasteiger partial charge < -0.3 is 10.2 Å². The van der Waals surface area contributed by atoms with E-state index in [9.17, 15) is 19.7 Å². The van der Waals surface area contributed by atoms with Crippen LogP contribution in [0.3, 0.4) is 0 Å². The largest absolute Gasteiger partial charge is 0.352 e. The number of amides is 2. The predicted octanol–water partition coefficient (Wildman–Crippen LogP) is 3.84. The second-order valence-electron chi connectivity index (χ2n) is 6.68. The quantitative estimate of drug-likeness (QED) is 0.479. The maximum Gasteiger partial charge on any atom is 0.270 e. The normalized spacial score (nSPS) is 10.3. The van der Waals surface area contributed by atoms with Gasteiger partial charge in [0.25, 0.3) is 17.5 Å². The minimum Gasteiger partial charge on any atom is -0.352 e. The van der Waals surface area contributed by atoms with E-state index in [1.54, 1.807) is 24.3 Å². The number of anilines is 1. The number of rotatable bonds is 7. The van der Waals surface area contributed by atoms with Crippen molar-refractivity contribution < 1.29 is 14.5 Å². The fourth-order valence-electron chi connectivity index (χ4n) is 3.07. The Morgan fingerprint density at radius 2 is 1.67 bits per heavy atom. The van der Waals surface area contributed by atoms with Gasteiger partial charge >= 0.3 is 0 Å². The Morgan fingerprint density at radius 1 is 0.967 bits per heavy atom. The van der Waals surface area contributed by atoms with Crippen molar-refractivity contribution in [1.82, 2.24) is 5.32 Å². The molecule has 30 heavy (non-hydrogen) atoms. The summed E-state index contributed by atoms with van der Waals surface area (Å²) in [6, 6.07) is 22.1. The highest BCUT2D eigenvalue weighted by Gasteiger charge is 2.21. The molecule has 0 saturated heterocycles. The molecule has 7 nitrogen and oxygen atoms in total. The van der Waals surface area contributed by atoms with Gasteiger partial charge in [0.15, 0.2) is 0 Å². The number of hydrogen-bond acceptors (Lipinski definition) is 4. The molecule has 0 unspecified atom stereocenters. The molecule has 3 aromatic rings. The zero-order valence-corrected chi connectivity index (χ0v) is 16.4. The number of nitro groups is 1. The van der Waals surface area contributed by atoms with Crippen molar-refractivity contribution >= 4 is 23.2 Å². The van der Waals surface area contributed by atoms with E-state index in [1.165, 1.54) is 36.2 Å². The van der Waals surface area contributed by atoms with Crippen LogP contribution >= 0.6 is 0 Å². The fourth-order valence-corrected chi connectivity index (χ4v) is 3.07. The lowest BCUT2D eigenvalue weighted by Crippen LogP contribution is -2.31. The summed E-state index contributed by atoms with van der Waals surface area (Å²) >= 11 is 0. The Balaban J connectivity index is 1.75. The number of nitrogens with zero attached hydrogens (tertiary/aromatic N) is 2. The smallest absolute Gasteiger partial charge is 0.270 e. The van der Waals surface area contributed by atoms with Crippen molar-refractivity contribution in [3.63, 3.8) is 0 Å². The van der Waals surface area contributed by atoms with Crippen LogP contribution in [0.5, 0.6) is 0 Å². The van der Waals surface area contributed by atoms with E-state index >= 15 is 0 Å². The van der Waals surface area contributed by atoms with Crippen LogP contribution < -0.4 is 10.2 Å². The van der Waals surface area contributed by atoms with Crippen LogP contribution in [-0.2, 0) is 6.42 Å². The van der Waals surface area contributed by atoms with Crippen molar-refractivity contribution in [3.8, 4) is 0 Å². The number of para-hydroxylation sites is 1. The third kappa shape index (κ3) is 4.88. The molecule has 7 heteroatoms. The zero-order chi connectivity index (χ0) is 21.5. The van der Waals surface area contributed by atoms with Crippen molar-refractivity contribution in [2.75, 3.05) is 18.5 Å². The molecular formula is C23H21N3O4. The van der Waals surface area contributed by atoms with E-state index in [0.717, 1.165) is 5.56 Å². The standard InChI is InChI=1S/C23H21N3O4/c1-25(23(28)18-10-7-11-19(16-18)26(29)30)21-13-6-5-12-20(21)22(27)24-15-14-17-8-3-2-4-9-17/h2-13,16H,14-15H2,1H3,(H,24,27). The summed E-state index contributed by atoms with van der Waals surface area (Å²) in [5.41, 5.74) is 1.90. The number of carbonyl (C=O) groups is 2. The third-order valence-corrected chi connectivity index (χ3v) is 4.66. The van der Waals surface area contributed by atoms with Gasteiger partial charge in [-0.25, -0.2) is 0 Å². The van der Waals surface area contributed by atoms with Gasteiger partial charge in [0.05, 0.1) is 16.2 Å². The van der Waals surface area contributed by atoms with Gasteiger partial charge in [0.1, 0.15) is 0 Å². The van der Waals surface area contributed by atoms with Gasteiger partial charge in [-0.1, -0.05) is 48.5 Å². The van der Waals surface area contributed by atoms with Crippen LogP contribution in [0, 0.1) is 10.1 Å². The second kappa shape index (κ2) is 9.47. The third-order valence-electron chi connectivity index (χ3n) is 4.66. The molecule has 0 aliphatic carbocycles. The first kappa shape index (κ1) is 20.7. The van der Waals surface area contributed by atoms with Gasteiger partial charge in [0, 0.05) is 31.3 Å². The van der Waals surface area contributed by atoms with Crippen LogP contribution in [0.15, 0.2) is 78.9 Å². The summed E-state index contributed by atoms with van der Waals surface area (Å²) in [6.45, 7) is 0.458. The Bertz CT molecular complexity index is 1070. The molecule has 0 saturated carbocycles. The summed E-state index contributed by atoms with van der Waals surface area (Å²) in [6.07, 6.45) is 0.692. The number of nitro benzene ring substituents is 1. The Kier molecular flexibility index (Phi) is 6.54. The highest BCUT2D eigenvalue weighted by atomic mass is 16.6. The Hall–Kier alpha value is -4.00. The lowest BCUT2D eigenvalue weighted by Gasteiger charge is -2.20. The first-order valence-electron chi connectivity index (χ1n) is 9.41. The molecule has 1 N–H and O–H groups in total. The lowest BCUT2D eigenvalue weighted by atomic mass is 10.1. The van der Waals surface area contributed by atoms with E-state index in [1.807, 2.05) is 30.3 Å². The summed E-state index contributed by atoms with van der Waals surface area (Å²) in [4.78, 5) is 37.4. The summed E-state index contributed by atoms with van der Waals surface area (Å²) < 4.78 is 0. The average molecular weight is 403 g/mol. The first-order valence-corrected chi connectivity index (χ1v) is 9.41. The summed E-state index contributed by atoms with van der Waals surface area (Å²) in [7, 11) is 1.54. The molecule has 0 heterocycles. The number of nitrogens with one attached hydrogen (secondary N) is 1. The molecule has 0 fully saturated rings. The lowest BCUT2D eigenvalue weighted by molar-refractivity contribution is -0.384. The molecule has 2 amide bonds. The molecule has 3 rings (SSSR count). The molecule has 0 aliphatic rings. The maximum absolute atomic E-state index is 12.9. The van der Waals surface area contributed by atoms with E-state index in [2.05, 4.69) is 5.32 Å². The van der Waals surface area contributed by atoms with Crippen LogP contribution in [0.25, 0.3) is 0 Å². The SMILES string of the molecule is CN(C(=O)c1cccc([N+](=O)[O-])c1)c1ccccc1C(=O)NCCc1ccccc1. The van der Waals surface area contributed by atoms with E-state index < -0.39 is 10.8 Å². The summed E-state index contributed by atoms with van der Waals surface area (Å²) in [5.74, 6) is -0.733. The molecule has 152 valence electrons. The molecule has 0 aromatic heterocycles. The van der Waals surface area contributed by atoms with Crippen molar-refractivity contribution in [3.05, 3.63) is 106 Å². The van der Waals surface area contributed by atoms with E-state index in [-0.39, 0.29) is 17.2 Å². The van der Waals surface area contributed by atoms with Gasteiger partial charge in [0.2, 0.25) is 0 Å². The molecular weight excluding hydrogens is 382 g/mol. The second-order valence-corrected chi connectivity index (χ2v) is 6.68. The Labute approximate surface area is 174 Å². The van der Waals surface area contributed by atoms with Crippen LogP contribution in [-0.4, -0.2) is 30.3 Å². The van der Waals surface area contributed by atoms with Gasteiger partial charge in [-0.2, -0.15) is 0 Å². The van der Waals surface area contributed by atoms with Gasteiger partial charge in [-0.3, -0.25) is 19.7 Å². The monoisotopic (exact) mass is 403 g/mol. The fraction of sp³-hybridized carbons (Fsp3) is 0.130. The van der Waals surface area contributed by atoms with E-state index in [4.69, 9.17) is 0 Å². The predicted molar refractivity (Wildman–Crippen MR) is 115 cm³/mol. The molecule has 0 spiro atoms. The number of benzene rings is 3. The maximum atomic E-state index is 12.9. The van der Waals surface area contributed by atoms with Crippen LogP contribution in [0.2, 0.25) is 0 Å². The molecule has 0 bridgehead atoms. The highest BCUT2D eigenvalue weighted by molar-refractivity contribution is 6.10. The van der Waals surface area contributed by atoms with Gasteiger partial charge in [-0.05, 0) is 30.2 Å². The molecule has 0 atom stereocenters. The van der Waals surface area contributed by atoms with Gasteiger partial charge in [-0.15, -0.1) is 0 Å². The first-order chi connectivity index (χ1) is 14.5. The van der Waals surface area contributed by atoms with Crippen molar-refractivity contribution in [2.24, 2.45) is 0 Å². The highest BCUT2D eigenvalue weighted by Crippen LogP contribution is 2.22. The van der Waals surface area contributed by atoms with Crippen molar-refractivity contribution in [1.29, 1.82) is 0 Å². The zero-order valence-electron chi connectivity index (χ0n) is 16.4. The number of hydrogen-bond donors (Lipinski definition) is 1.